The van der Waals surface area contributed by atoms with Gasteiger partial charge < -0.3 is 9.88 Å². The number of hydrogen-bond acceptors (Lipinski definition) is 3. The molecule has 1 aliphatic heterocycles. The molecular formula is C22H27N5O2. The predicted molar refractivity (Wildman–Crippen MR) is 113 cm³/mol. The van der Waals surface area contributed by atoms with Gasteiger partial charge in [0, 0.05) is 25.7 Å². The molecule has 3 N–H and O–H groups in total. The van der Waals surface area contributed by atoms with Crippen LogP contribution < -0.4 is 11.5 Å². The molecule has 1 saturated heterocycles. The molecule has 1 aliphatic rings. The number of urea groups is 1. The Balaban J connectivity index is 1.31. The van der Waals surface area contributed by atoms with Gasteiger partial charge in [0.15, 0.2) is 0 Å². The van der Waals surface area contributed by atoms with Crippen molar-refractivity contribution in [2.45, 2.75) is 31.7 Å². The van der Waals surface area contributed by atoms with Crippen LogP contribution in [0, 0.1) is 0 Å². The molecule has 1 aromatic heterocycles. The van der Waals surface area contributed by atoms with Gasteiger partial charge >= 0.3 is 11.7 Å². The molecule has 0 unspecified atom stereocenters. The number of rotatable bonds is 5. The van der Waals surface area contributed by atoms with Crippen molar-refractivity contribution < 1.29 is 4.79 Å². The first kappa shape index (κ1) is 19.3. The topological polar surface area (TPSA) is 87.4 Å². The Morgan fingerprint density at radius 2 is 1.76 bits per heavy atom. The Morgan fingerprint density at radius 3 is 2.52 bits per heavy atom. The molecule has 7 nitrogen and oxygen atoms in total. The number of hydrogen-bond donors (Lipinski definition) is 2. The van der Waals surface area contributed by atoms with Crippen molar-refractivity contribution in [2.75, 3.05) is 19.6 Å². The number of para-hydroxylation sites is 2. The van der Waals surface area contributed by atoms with Gasteiger partial charge in [0.1, 0.15) is 0 Å². The van der Waals surface area contributed by atoms with Crippen LogP contribution in [0.4, 0.5) is 4.79 Å². The molecule has 152 valence electrons. The van der Waals surface area contributed by atoms with Crippen molar-refractivity contribution in [1.82, 2.24) is 19.5 Å². The summed E-state index contributed by atoms with van der Waals surface area (Å²) < 4.78 is 1.83. The fourth-order valence-corrected chi connectivity index (χ4v) is 4.13. The molecule has 4 rings (SSSR count). The maximum Gasteiger partial charge on any atom is 0.334 e. The van der Waals surface area contributed by atoms with Gasteiger partial charge in [-0.15, -0.1) is 0 Å². The van der Waals surface area contributed by atoms with Crippen molar-refractivity contribution in [3.8, 4) is 0 Å². The van der Waals surface area contributed by atoms with E-state index in [9.17, 15) is 9.59 Å². The zero-order chi connectivity index (χ0) is 20.2. The molecule has 29 heavy (non-hydrogen) atoms. The van der Waals surface area contributed by atoms with Gasteiger partial charge in [0.05, 0.1) is 11.0 Å². The second kappa shape index (κ2) is 8.53. The minimum Gasteiger partial charge on any atom is -0.323 e. The number of amides is 2. The molecule has 1 fully saturated rings. The Bertz CT molecular complexity index is 1020. The summed E-state index contributed by atoms with van der Waals surface area (Å²) in [5, 5.41) is 1.32. The van der Waals surface area contributed by atoms with E-state index in [0.717, 1.165) is 36.7 Å². The summed E-state index contributed by atoms with van der Waals surface area (Å²) in [6, 6.07) is 17.9. The number of aromatic amines is 1. The van der Waals surface area contributed by atoms with Crippen molar-refractivity contribution in [3.63, 3.8) is 0 Å². The zero-order valence-corrected chi connectivity index (χ0v) is 16.5. The van der Waals surface area contributed by atoms with Gasteiger partial charge in [-0.1, -0.05) is 42.5 Å². The predicted octanol–water partition coefficient (Wildman–Crippen LogP) is 2.90. The van der Waals surface area contributed by atoms with E-state index in [1.54, 1.807) is 4.90 Å². The Labute approximate surface area is 169 Å². The molecule has 3 aromatic rings. The first-order valence-corrected chi connectivity index (χ1v) is 10.2. The summed E-state index contributed by atoms with van der Waals surface area (Å²) in [4.78, 5) is 29.8. The lowest BCUT2D eigenvalue weighted by Gasteiger charge is -2.34. The molecule has 0 saturated carbocycles. The third-order valence-electron chi connectivity index (χ3n) is 5.68. The van der Waals surface area contributed by atoms with E-state index in [-0.39, 0.29) is 17.8 Å². The first-order chi connectivity index (χ1) is 14.1. The second-order valence-corrected chi connectivity index (χ2v) is 7.60. The number of aryl methyl sites for hydroxylation is 1. The molecule has 0 radical (unpaired) electrons. The number of H-pyrrole nitrogens is 1. The van der Waals surface area contributed by atoms with Crippen molar-refractivity contribution in [2.24, 2.45) is 5.84 Å². The van der Waals surface area contributed by atoms with E-state index < -0.39 is 0 Å². The standard InChI is InChI=1S/C22H27N5O2/c23-26(14-6-9-17-7-2-1-3-8-17)22(29)25-15-12-18(13-16-25)27-20-11-5-4-10-19(20)24-21(27)28/h1-5,7-8,10-11,18H,6,9,12-16,23H2,(H,24,28). The highest BCUT2D eigenvalue weighted by atomic mass is 16.2. The number of nitrogens with one attached hydrogen (secondary N) is 1. The molecule has 2 heterocycles. The van der Waals surface area contributed by atoms with Crippen LogP contribution in [0.25, 0.3) is 11.0 Å². The molecule has 7 heteroatoms. The summed E-state index contributed by atoms with van der Waals surface area (Å²) in [5.74, 6) is 6.02. The lowest BCUT2D eigenvalue weighted by molar-refractivity contribution is 0.133. The zero-order valence-electron chi connectivity index (χ0n) is 16.5. The van der Waals surface area contributed by atoms with Crippen LogP contribution in [-0.2, 0) is 6.42 Å². The van der Waals surface area contributed by atoms with Gasteiger partial charge in [-0.25, -0.2) is 15.4 Å². The number of piperidine rings is 1. The Morgan fingerprint density at radius 1 is 1.07 bits per heavy atom. The maximum atomic E-state index is 12.7. The molecule has 2 amide bonds. The van der Waals surface area contributed by atoms with Gasteiger partial charge in [-0.3, -0.25) is 9.58 Å². The average molecular weight is 393 g/mol. The quantitative estimate of drug-likeness (QED) is 0.397. The van der Waals surface area contributed by atoms with Crippen LogP contribution in [0.1, 0.15) is 30.9 Å². The first-order valence-electron chi connectivity index (χ1n) is 10.2. The van der Waals surface area contributed by atoms with E-state index in [4.69, 9.17) is 5.84 Å². The molecule has 2 aromatic carbocycles. The smallest absolute Gasteiger partial charge is 0.323 e. The number of aromatic nitrogens is 2. The normalized spacial score (nSPS) is 15.0. The number of nitrogens with zero attached hydrogens (tertiary/aromatic N) is 3. The van der Waals surface area contributed by atoms with Gasteiger partial charge in [-0.2, -0.15) is 0 Å². The maximum absolute atomic E-state index is 12.7. The number of hydrazine groups is 1. The van der Waals surface area contributed by atoms with E-state index in [2.05, 4.69) is 17.1 Å². The number of nitrogens with two attached hydrogens (primary N) is 1. The summed E-state index contributed by atoms with van der Waals surface area (Å²) in [6.45, 7) is 1.72. The molecule has 0 bridgehead atoms. The van der Waals surface area contributed by atoms with Crippen LogP contribution in [0.15, 0.2) is 59.4 Å². The number of imidazole rings is 1. The number of likely N-dealkylation sites (tertiary alicyclic amines) is 1. The van der Waals surface area contributed by atoms with Crippen molar-refractivity contribution in [3.05, 3.63) is 70.6 Å². The largest absolute Gasteiger partial charge is 0.334 e. The number of benzene rings is 2. The number of fused-ring (bicyclic) bond motifs is 1. The SMILES string of the molecule is NN(CCCc1ccccc1)C(=O)N1CCC(n2c(=O)[nH]c3ccccc32)CC1. The van der Waals surface area contributed by atoms with E-state index in [0.29, 0.717) is 19.6 Å². The lowest BCUT2D eigenvalue weighted by atomic mass is 10.0. The number of carbonyl (C=O) groups is 1. The molecule has 0 atom stereocenters. The third kappa shape index (κ3) is 4.19. The summed E-state index contributed by atoms with van der Waals surface area (Å²) in [7, 11) is 0. The van der Waals surface area contributed by atoms with Crippen LogP contribution in [-0.4, -0.2) is 45.1 Å². The summed E-state index contributed by atoms with van der Waals surface area (Å²) >= 11 is 0. The van der Waals surface area contributed by atoms with Crippen molar-refractivity contribution in [1.29, 1.82) is 0 Å². The van der Waals surface area contributed by atoms with E-state index in [1.165, 1.54) is 10.6 Å². The third-order valence-corrected chi connectivity index (χ3v) is 5.68. The van der Waals surface area contributed by atoms with Gasteiger partial charge in [0.25, 0.3) is 0 Å². The highest BCUT2D eigenvalue weighted by molar-refractivity contribution is 5.75. The minimum atomic E-state index is -0.136. The van der Waals surface area contributed by atoms with Gasteiger partial charge in [0.2, 0.25) is 0 Å². The Hall–Kier alpha value is -3.06. The van der Waals surface area contributed by atoms with Gasteiger partial charge in [-0.05, 0) is 43.4 Å². The van der Waals surface area contributed by atoms with E-state index in [1.807, 2.05) is 47.0 Å². The average Bonchev–Trinajstić information content (AvgIpc) is 3.09. The van der Waals surface area contributed by atoms with E-state index >= 15 is 0 Å². The summed E-state index contributed by atoms with van der Waals surface area (Å²) in [5.41, 5.74) is 2.93. The van der Waals surface area contributed by atoms with Crippen LogP contribution in [0.3, 0.4) is 0 Å². The minimum absolute atomic E-state index is 0.0858. The van der Waals surface area contributed by atoms with Crippen LogP contribution in [0.2, 0.25) is 0 Å². The highest BCUT2D eigenvalue weighted by Crippen LogP contribution is 2.25. The lowest BCUT2D eigenvalue weighted by Crippen LogP contribution is -2.50. The van der Waals surface area contributed by atoms with Crippen LogP contribution in [0.5, 0.6) is 0 Å². The monoisotopic (exact) mass is 393 g/mol. The second-order valence-electron chi connectivity index (χ2n) is 7.60. The fourth-order valence-electron chi connectivity index (χ4n) is 4.13. The number of carbonyl (C=O) groups excluding carboxylic acids is 1. The molecule has 0 aliphatic carbocycles. The van der Waals surface area contributed by atoms with Crippen molar-refractivity contribution >= 4 is 17.1 Å². The molecule has 0 spiro atoms. The summed E-state index contributed by atoms with van der Waals surface area (Å²) in [6.07, 6.45) is 3.21. The Kier molecular flexibility index (Phi) is 5.67. The van der Waals surface area contributed by atoms with Crippen LogP contribution >= 0.6 is 0 Å². The fraction of sp³-hybridized carbons (Fsp3) is 0.364. The molecular weight excluding hydrogens is 366 g/mol. The highest BCUT2D eigenvalue weighted by Gasteiger charge is 2.27.